The molecule has 0 spiro atoms. The van der Waals surface area contributed by atoms with Crippen LogP contribution in [-0.2, 0) is 6.42 Å². The lowest BCUT2D eigenvalue weighted by atomic mass is 10.1. The van der Waals surface area contributed by atoms with Crippen molar-refractivity contribution in [3.63, 3.8) is 0 Å². The number of nitrogens with zero attached hydrogens (tertiary/aromatic N) is 1. The van der Waals surface area contributed by atoms with Gasteiger partial charge in [0.2, 0.25) is 5.88 Å². The molecule has 14 heavy (non-hydrogen) atoms. The third-order valence-corrected chi connectivity index (χ3v) is 1.93. The standard InChI is InChI=1S/C10H16N2O2/c1-7-3-8(4-9(11)6-13)5-10(12-7)14-2/h3,5,9,13H,4,6,11H2,1-2H3. The first-order valence-electron chi connectivity index (χ1n) is 4.53. The van der Waals surface area contributed by atoms with Crippen molar-refractivity contribution in [3.8, 4) is 5.88 Å². The van der Waals surface area contributed by atoms with Crippen molar-refractivity contribution in [1.29, 1.82) is 0 Å². The molecule has 0 radical (unpaired) electrons. The van der Waals surface area contributed by atoms with E-state index < -0.39 is 0 Å². The van der Waals surface area contributed by atoms with E-state index in [1.54, 1.807) is 7.11 Å². The van der Waals surface area contributed by atoms with Gasteiger partial charge in [-0.3, -0.25) is 0 Å². The van der Waals surface area contributed by atoms with Crippen LogP contribution >= 0.6 is 0 Å². The van der Waals surface area contributed by atoms with Gasteiger partial charge in [0.1, 0.15) is 0 Å². The van der Waals surface area contributed by atoms with Crippen LogP contribution in [0.3, 0.4) is 0 Å². The van der Waals surface area contributed by atoms with Gasteiger partial charge in [-0.1, -0.05) is 0 Å². The molecule has 1 aromatic rings. The molecule has 1 rings (SSSR count). The molecule has 0 aliphatic rings. The fourth-order valence-electron chi connectivity index (χ4n) is 1.30. The number of methoxy groups -OCH3 is 1. The summed E-state index contributed by atoms with van der Waals surface area (Å²) in [5.41, 5.74) is 7.57. The smallest absolute Gasteiger partial charge is 0.213 e. The number of rotatable bonds is 4. The molecule has 1 heterocycles. The number of aliphatic hydroxyl groups excluding tert-OH is 1. The highest BCUT2D eigenvalue weighted by Crippen LogP contribution is 2.12. The van der Waals surface area contributed by atoms with Gasteiger partial charge in [-0.25, -0.2) is 4.98 Å². The van der Waals surface area contributed by atoms with E-state index in [4.69, 9.17) is 15.6 Å². The van der Waals surface area contributed by atoms with Gasteiger partial charge in [-0.2, -0.15) is 0 Å². The summed E-state index contributed by atoms with van der Waals surface area (Å²) in [4.78, 5) is 4.16. The van der Waals surface area contributed by atoms with E-state index in [1.807, 2.05) is 19.1 Å². The van der Waals surface area contributed by atoms with Crippen LogP contribution in [0, 0.1) is 6.92 Å². The number of ether oxygens (including phenoxy) is 1. The van der Waals surface area contributed by atoms with Gasteiger partial charge in [0.05, 0.1) is 13.7 Å². The Morgan fingerprint density at radius 3 is 2.86 bits per heavy atom. The Morgan fingerprint density at radius 1 is 1.57 bits per heavy atom. The molecule has 0 saturated heterocycles. The van der Waals surface area contributed by atoms with Crippen LogP contribution in [0.1, 0.15) is 11.3 Å². The Balaban J connectivity index is 2.81. The molecule has 1 unspecified atom stereocenters. The van der Waals surface area contributed by atoms with E-state index in [-0.39, 0.29) is 12.6 Å². The van der Waals surface area contributed by atoms with E-state index in [2.05, 4.69) is 4.98 Å². The molecule has 0 aliphatic carbocycles. The van der Waals surface area contributed by atoms with Crippen LogP contribution in [0.15, 0.2) is 12.1 Å². The third-order valence-electron chi connectivity index (χ3n) is 1.93. The summed E-state index contributed by atoms with van der Waals surface area (Å²) in [5.74, 6) is 0.588. The number of hydrogen-bond acceptors (Lipinski definition) is 4. The fourth-order valence-corrected chi connectivity index (χ4v) is 1.30. The van der Waals surface area contributed by atoms with Gasteiger partial charge < -0.3 is 15.6 Å². The first-order chi connectivity index (χ1) is 6.65. The lowest BCUT2D eigenvalue weighted by Crippen LogP contribution is -2.26. The summed E-state index contributed by atoms with van der Waals surface area (Å²) in [6.45, 7) is 1.89. The molecular weight excluding hydrogens is 180 g/mol. The van der Waals surface area contributed by atoms with Gasteiger partial charge in [0, 0.05) is 17.8 Å². The molecule has 0 bridgehead atoms. The van der Waals surface area contributed by atoms with Crippen LogP contribution in [0.2, 0.25) is 0 Å². The second kappa shape index (κ2) is 4.93. The fraction of sp³-hybridized carbons (Fsp3) is 0.500. The topological polar surface area (TPSA) is 68.4 Å². The SMILES string of the molecule is COc1cc(CC(N)CO)cc(C)n1. The number of hydrogen-bond donors (Lipinski definition) is 2. The minimum Gasteiger partial charge on any atom is -0.481 e. The number of pyridine rings is 1. The van der Waals surface area contributed by atoms with E-state index in [0.29, 0.717) is 12.3 Å². The maximum Gasteiger partial charge on any atom is 0.213 e. The molecular formula is C10H16N2O2. The number of aliphatic hydroxyl groups is 1. The molecule has 0 amide bonds. The van der Waals surface area contributed by atoms with Crippen LogP contribution in [0.25, 0.3) is 0 Å². The minimum absolute atomic E-state index is 0.0102. The number of nitrogens with two attached hydrogens (primary N) is 1. The molecule has 1 aromatic heterocycles. The predicted octanol–water partition coefficient (Wildman–Crippen LogP) is 0.261. The number of aromatic nitrogens is 1. The Labute approximate surface area is 83.7 Å². The van der Waals surface area contributed by atoms with Crippen molar-refractivity contribution >= 4 is 0 Å². The van der Waals surface area contributed by atoms with Crippen LogP contribution in [-0.4, -0.2) is 29.8 Å². The molecule has 4 nitrogen and oxygen atoms in total. The molecule has 0 aliphatic heterocycles. The van der Waals surface area contributed by atoms with Crippen molar-refractivity contribution < 1.29 is 9.84 Å². The maximum absolute atomic E-state index is 8.82. The molecule has 4 heteroatoms. The van der Waals surface area contributed by atoms with Gasteiger partial charge in [-0.15, -0.1) is 0 Å². The average Bonchev–Trinajstić information content (AvgIpc) is 2.16. The largest absolute Gasteiger partial charge is 0.481 e. The van der Waals surface area contributed by atoms with E-state index in [9.17, 15) is 0 Å². The minimum atomic E-state index is -0.221. The predicted molar refractivity (Wildman–Crippen MR) is 54.3 cm³/mol. The highest BCUT2D eigenvalue weighted by Gasteiger charge is 2.05. The third kappa shape index (κ3) is 2.97. The van der Waals surface area contributed by atoms with Crippen molar-refractivity contribution in [2.75, 3.05) is 13.7 Å². The summed E-state index contributed by atoms with van der Waals surface area (Å²) >= 11 is 0. The normalized spacial score (nSPS) is 12.6. The number of aryl methyl sites for hydroxylation is 1. The monoisotopic (exact) mass is 196 g/mol. The van der Waals surface area contributed by atoms with Crippen LogP contribution in [0.4, 0.5) is 0 Å². The van der Waals surface area contributed by atoms with E-state index in [0.717, 1.165) is 11.3 Å². The maximum atomic E-state index is 8.82. The highest BCUT2D eigenvalue weighted by atomic mass is 16.5. The van der Waals surface area contributed by atoms with Crippen molar-refractivity contribution in [2.45, 2.75) is 19.4 Å². The van der Waals surface area contributed by atoms with Crippen LogP contribution in [0.5, 0.6) is 5.88 Å². The summed E-state index contributed by atoms with van der Waals surface area (Å²) in [6, 6.07) is 3.56. The summed E-state index contributed by atoms with van der Waals surface area (Å²) < 4.78 is 5.04. The molecule has 78 valence electrons. The Kier molecular flexibility index (Phi) is 3.85. The molecule has 0 fully saturated rings. The van der Waals surface area contributed by atoms with Crippen molar-refractivity contribution in [2.24, 2.45) is 5.73 Å². The molecule has 0 saturated carbocycles. The van der Waals surface area contributed by atoms with Crippen molar-refractivity contribution in [3.05, 3.63) is 23.4 Å². The molecule has 3 N–H and O–H groups in total. The lowest BCUT2D eigenvalue weighted by Gasteiger charge is -2.09. The van der Waals surface area contributed by atoms with Gasteiger partial charge in [0.15, 0.2) is 0 Å². The zero-order valence-electron chi connectivity index (χ0n) is 8.53. The second-order valence-corrected chi connectivity index (χ2v) is 3.31. The quantitative estimate of drug-likeness (QED) is 0.725. The van der Waals surface area contributed by atoms with Gasteiger partial charge in [-0.05, 0) is 25.0 Å². The Hall–Kier alpha value is -1.13. The molecule has 0 aromatic carbocycles. The van der Waals surface area contributed by atoms with Gasteiger partial charge in [0.25, 0.3) is 0 Å². The summed E-state index contributed by atoms with van der Waals surface area (Å²) in [5, 5.41) is 8.82. The average molecular weight is 196 g/mol. The molecule has 1 atom stereocenters. The van der Waals surface area contributed by atoms with Crippen molar-refractivity contribution in [1.82, 2.24) is 4.98 Å². The summed E-state index contributed by atoms with van der Waals surface area (Å²) in [6.07, 6.45) is 0.635. The highest BCUT2D eigenvalue weighted by molar-refractivity contribution is 5.25. The zero-order valence-corrected chi connectivity index (χ0v) is 8.53. The second-order valence-electron chi connectivity index (χ2n) is 3.31. The first kappa shape index (κ1) is 10.9. The van der Waals surface area contributed by atoms with Gasteiger partial charge >= 0.3 is 0 Å². The Bertz CT molecular complexity index is 302. The van der Waals surface area contributed by atoms with E-state index in [1.165, 1.54) is 0 Å². The zero-order chi connectivity index (χ0) is 10.6. The Morgan fingerprint density at radius 2 is 2.29 bits per heavy atom. The van der Waals surface area contributed by atoms with E-state index >= 15 is 0 Å². The lowest BCUT2D eigenvalue weighted by molar-refractivity contribution is 0.265. The summed E-state index contributed by atoms with van der Waals surface area (Å²) in [7, 11) is 1.58. The first-order valence-corrected chi connectivity index (χ1v) is 4.53. The van der Waals surface area contributed by atoms with Crippen LogP contribution < -0.4 is 10.5 Å².